The SMILES string of the molecule is Cc1ccc(/C=C/S(=O)(=O)NCC(=O)OCC(=O)Nc2ccc(F)c(F)c2)cc1. The lowest BCUT2D eigenvalue weighted by Gasteiger charge is -2.07. The second kappa shape index (κ2) is 9.89. The maximum atomic E-state index is 13.1. The van der Waals surface area contributed by atoms with Gasteiger partial charge in [-0.2, -0.15) is 0 Å². The lowest BCUT2D eigenvalue weighted by atomic mass is 10.2. The highest BCUT2D eigenvalue weighted by Crippen LogP contribution is 2.12. The highest BCUT2D eigenvalue weighted by Gasteiger charge is 2.12. The number of esters is 1. The highest BCUT2D eigenvalue weighted by atomic mass is 32.2. The molecule has 10 heteroatoms. The van der Waals surface area contributed by atoms with Crippen LogP contribution in [0.3, 0.4) is 0 Å². The van der Waals surface area contributed by atoms with Crippen molar-refractivity contribution in [1.29, 1.82) is 0 Å². The van der Waals surface area contributed by atoms with Crippen LogP contribution in [0.1, 0.15) is 11.1 Å². The van der Waals surface area contributed by atoms with Crippen molar-refractivity contribution in [2.45, 2.75) is 6.92 Å². The normalized spacial score (nSPS) is 11.4. The van der Waals surface area contributed by atoms with Gasteiger partial charge in [-0.3, -0.25) is 9.59 Å². The summed E-state index contributed by atoms with van der Waals surface area (Å²) in [4.78, 5) is 23.2. The molecule has 0 aliphatic heterocycles. The van der Waals surface area contributed by atoms with Crippen molar-refractivity contribution in [2.24, 2.45) is 0 Å². The average molecular weight is 424 g/mol. The summed E-state index contributed by atoms with van der Waals surface area (Å²) < 4.78 is 56.3. The molecule has 0 saturated carbocycles. The maximum Gasteiger partial charge on any atom is 0.321 e. The van der Waals surface area contributed by atoms with Gasteiger partial charge in [0.25, 0.3) is 5.91 Å². The number of hydrogen-bond donors (Lipinski definition) is 2. The number of hydrogen-bond acceptors (Lipinski definition) is 5. The van der Waals surface area contributed by atoms with Crippen molar-refractivity contribution in [3.05, 3.63) is 70.6 Å². The Bertz CT molecular complexity index is 1020. The monoisotopic (exact) mass is 424 g/mol. The van der Waals surface area contributed by atoms with Gasteiger partial charge in [-0.1, -0.05) is 29.8 Å². The number of carbonyl (C=O) groups excluding carboxylic acids is 2. The van der Waals surface area contributed by atoms with Gasteiger partial charge in [-0.25, -0.2) is 21.9 Å². The molecule has 29 heavy (non-hydrogen) atoms. The van der Waals surface area contributed by atoms with Gasteiger partial charge in [0.1, 0.15) is 6.54 Å². The van der Waals surface area contributed by atoms with Gasteiger partial charge in [-0.05, 0) is 30.7 Å². The second-order valence-electron chi connectivity index (χ2n) is 5.92. The quantitative estimate of drug-likeness (QED) is 0.634. The molecule has 0 heterocycles. The van der Waals surface area contributed by atoms with Gasteiger partial charge >= 0.3 is 5.97 Å². The Kier molecular flexibility index (Phi) is 7.57. The number of amides is 1. The molecule has 2 rings (SSSR count). The molecule has 7 nitrogen and oxygen atoms in total. The van der Waals surface area contributed by atoms with Crippen LogP contribution >= 0.6 is 0 Å². The van der Waals surface area contributed by atoms with Crippen LogP contribution in [0, 0.1) is 18.6 Å². The van der Waals surface area contributed by atoms with Crippen LogP contribution < -0.4 is 10.0 Å². The minimum Gasteiger partial charge on any atom is -0.455 e. The summed E-state index contributed by atoms with van der Waals surface area (Å²) in [6.07, 6.45) is 1.36. The smallest absolute Gasteiger partial charge is 0.321 e. The third-order valence-corrected chi connectivity index (χ3v) is 4.54. The fourth-order valence-electron chi connectivity index (χ4n) is 2.02. The number of aryl methyl sites for hydroxylation is 1. The van der Waals surface area contributed by atoms with Gasteiger partial charge in [-0.15, -0.1) is 0 Å². The van der Waals surface area contributed by atoms with Crippen LogP contribution in [0.2, 0.25) is 0 Å². The van der Waals surface area contributed by atoms with Gasteiger partial charge in [0.2, 0.25) is 10.0 Å². The predicted octanol–water partition coefficient (Wildman–Crippen LogP) is 2.35. The summed E-state index contributed by atoms with van der Waals surface area (Å²) in [6, 6.07) is 9.85. The van der Waals surface area contributed by atoms with E-state index in [0.717, 1.165) is 29.2 Å². The molecule has 2 aromatic carbocycles. The molecule has 0 spiro atoms. The topological polar surface area (TPSA) is 102 Å². The Morgan fingerprint density at radius 2 is 1.76 bits per heavy atom. The standard InChI is InChI=1S/C19H18F2N2O5S/c1-13-2-4-14(5-3-13)8-9-29(26,27)22-11-19(25)28-12-18(24)23-15-6-7-16(20)17(21)10-15/h2-10,22H,11-12H2,1H3,(H,23,24)/b9-8+. The molecule has 0 fully saturated rings. The van der Waals surface area contributed by atoms with E-state index in [1.54, 1.807) is 12.1 Å². The third-order valence-electron chi connectivity index (χ3n) is 3.50. The number of rotatable bonds is 8. The molecular formula is C19H18F2N2O5S. The van der Waals surface area contributed by atoms with Crippen molar-refractivity contribution in [3.63, 3.8) is 0 Å². The van der Waals surface area contributed by atoms with Crippen LogP contribution in [0.4, 0.5) is 14.5 Å². The molecule has 0 radical (unpaired) electrons. The van der Waals surface area contributed by atoms with Crippen molar-refractivity contribution >= 4 is 33.7 Å². The second-order valence-corrected chi connectivity index (χ2v) is 7.57. The molecule has 0 aliphatic rings. The summed E-state index contributed by atoms with van der Waals surface area (Å²) in [7, 11) is -3.89. The van der Waals surface area contributed by atoms with Crippen molar-refractivity contribution in [2.75, 3.05) is 18.5 Å². The van der Waals surface area contributed by atoms with E-state index in [1.165, 1.54) is 6.08 Å². The summed E-state index contributed by atoms with van der Waals surface area (Å²) in [6.45, 7) is 0.493. The molecule has 0 atom stereocenters. The van der Waals surface area contributed by atoms with Crippen molar-refractivity contribution in [3.8, 4) is 0 Å². The zero-order chi connectivity index (χ0) is 21.4. The van der Waals surface area contributed by atoms with E-state index >= 15 is 0 Å². The first-order chi connectivity index (χ1) is 13.6. The highest BCUT2D eigenvalue weighted by molar-refractivity contribution is 7.92. The lowest BCUT2D eigenvalue weighted by Crippen LogP contribution is -2.31. The van der Waals surface area contributed by atoms with Crippen molar-refractivity contribution in [1.82, 2.24) is 4.72 Å². The number of anilines is 1. The third kappa shape index (κ3) is 7.80. The summed E-state index contributed by atoms with van der Waals surface area (Å²) in [5.41, 5.74) is 1.67. The molecule has 2 aromatic rings. The number of benzene rings is 2. The zero-order valence-electron chi connectivity index (χ0n) is 15.3. The Hall–Kier alpha value is -3.11. The van der Waals surface area contributed by atoms with E-state index in [1.807, 2.05) is 23.8 Å². The van der Waals surface area contributed by atoms with Crippen LogP contribution in [0.5, 0.6) is 0 Å². The summed E-state index contributed by atoms with van der Waals surface area (Å²) in [5.74, 6) is -4.00. The minimum atomic E-state index is -3.89. The van der Waals surface area contributed by atoms with Gasteiger partial charge < -0.3 is 10.1 Å². The predicted molar refractivity (Wildman–Crippen MR) is 103 cm³/mol. The number of halogens is 2. The Balaban J connectivity index is 1.77. The Labute approximate surface area is 166 Å². The fourth-order valence-corrected chi connectivity index (χ4v) is 2.77. The maximum absolute atomic E-state index is 13.1. The van der Waals surface area contributed by atoms with Crippen LogP contribution in [0.25, 0.3) is 6.08 Å². The first-order valence-electron chi connectivity index (χ1n) is 8.29. The average Bonchev–Trinajstić information content (AvgIpc) is 2.67. The number of nitrogens with one attached hydrogen (secondary N) is 2. The van der Waals surface area contributed by atoms with Crippen LogP contribution in [-0.2, 0) is 24.3 Å². The molecule has 0 aromatic heterocycles. The molecule has 0 saturated heterocycles. The van der Waals surface area contributed by atoms with Crippen LogP contribution in [-0.4, -0.2) is 33.4 Å². The van der Waals surface area contributed by atoms with Gasteiger partial charge in [0, 0.05) is 17.2 Å². The van der Waals surface area contributed by atoms with Crippen molar-refractivity contribution < 1.29 is 31.5 Å². The first-order valence-corrected chi connectivity index (χ1v) is 9.84. The van der Waals surface area contributed by atoms with Gasteiger partial charge in [0.15, 0.2) is 18.2 Å². The molecule has 0 aliphatic carbocycles. The number of carbonyl (C=O) groups is 2. The largest absolute Gasteiger partial charge is 0.455 e. The van der Waals surface area contributed by atoms with E-state index in [2.05, 4.69) is 10.1 Å². The molecule has 0 bridgehead atoms. The number of sulfonamides is 1. The molecular weight excluding hydrogens is 406 g/mol. The number of ether oxygens (including phenoxy) is 1. The van der Waals surface area contributed by atoms with Gasteiger partial charge in [0.05, 0.1) is 0 Å². The zero-order valence-corrected chi connectivity index (χ0v) is 16.1. The van der Waals surface area contributed by atoms with E-state index in [0.29, 0.717) is 5.56 Å². The van der Waals surface area contributed by atoms with E-state index in [4.69, 9.17) is 0 Å². The molecule has 2 N–H and O–H groups in total. The molecule has 0 unspecified atom stereocenters. The minimum absolute atomic E-state index is 0.0214. The van der Waals surface area contributed by atoms with E-state index in [9.17, 15) is 26.8 Å². The van der Waals surface area contributed by atoms with E-state index < -0.39 is 46.7 Å². The molecule has 154 valence electrons. The Morgan fingerprint density at radius 3 is 2.41 bits per heavy atom. The van der Waals surface area contributed by atoms with Crippen LogP contribution in [0.15, 0.2) is 47.9 Å². The fraction of sp³-hybridized carbons (Fsp3) is 0.158. The summed E-state index contributed by atoms with van der Waals surface area (Å²) in [5, 5.41) is 3.11. The van der Waals surface area contributed by atoms with E-state index in [-0.39, 0.29) is 5.69 Å². The lowest BCUT2D eigenvalue weighted by molar-refractivity contribution is -0.146. The first kappa shape index (κ1) is 22.2. The molecule has 1 amide bonds. The Morgan fingerprint density at radius 1 is 1.07 bits per heavy atom. The summed E-state index contributed by atoms with van der Waals surface area (Å²) >= 11 is 0.